The molecule has 0 aromatic carbocycles. The fraction of sp³-hybridized carbons (Fsp3) is 0.375. The Morgan fingerprint density at radius 1 is 1.41 bits per heavy atom. The Labute approximate surface area is 102 Å². The standard InChI is InChI=1S/C8H6F3N3OS2/c1-3-6(17-14-13-3)5(15)4-2-12-7(16-4)8(9,10)11/h2,5,15H,1H3. The summed E-state index contributed by atoms with van der Waals surface area (Å²) in [5.74, 6) is 0. The van der Waals surface area contributed by atoms with Crippen molar-refractivity contribution in [3.63, 3.8) is 0 Å². The fourth-order valence-corrected chi connectivity index (χ4v) is 2.67. The number of halogens is 3. The second-order valence-electron chi connectivity index (χ2n) is 3.19. The topological polar surface area (TPSA) is 58.9 Å². The number of hydrogen-bond acceptors (Lipinski definition) is 6. The number of aryl methyl sites for hydroxylation is 1. The first-order valence-corrected chi connectivity index (χ1v) is 5.98. The summed E-state index contributed by atoms with van der Waals surface area (Å²) in [7, 11) is 0. The molecule has 1 unspecified atom stereocenters. The SMILES string of the molecule is Cc1nnsc1C(O)c1cnc(C(F)(F)F)s1. The summed E-state index contributed by atoms with van der Waals surface area (Å²) in [6, 6.07) is 0. The molecular weight excluding hydrogens is 275 g/mol. The molecule has 0 saturated heterocycles. The molecule has 0 spiro atoms. The van der Waals surface area contributed by atoms with Gasteiger partial charge in [-0.2, -0.15) is 13.2 Å². The van der Waals surface area contributed by atoms with Crippen LogP contribution < -0.4 is 0 Å². The van der Waals surface area contributed by atoms with Crippen LogP contribution in [0.3, 0.4) is 0 Å². The molecule has 0 bridgehead atoms. The number of aliphatic hydroxyl groups is 1. The van der Waals surface area contributed by atoms with Crippen LogP contribution in [0.5, 0.6) is 0 Å². The van der Waals surface area contributed by atoms with Crippen molar-refractivity contribution in [2.75, 3.05) is 0 Å². The van der Waals surface area contributed by atoms with Crippen LogP contribution in [0, 0.1) is 6.92 Å². The van der Waals surface area contributed by atoms with Gasteiger partial charge in [-0.3, -0.25) is 0 Å². The minimum absolute atomic E-state index is 0.131. The molecule has 0 aliphatic heterocycles. The molecule has 0 radical (unpaired) electrons. The van der Waals surface area contributed by atoms with Gasteiger partial charge in [0.25, 0.3) is 0 Å². The van der Waals surface area contributed by atoms with E-state index in [9.17, 15) is 18.3 Å². The first-order valence-electron chi connectivity index (χ1n) is 4.39. The Balaban J connectivity index is 2.30. The first-order chi connectivity index (χ1) is 7.89. The van der Waals surface area contributed by atoms with Gasteiger partial charge in [-0.25, -0.2) is 4.98 Å². The van der Waals surface area contributed by atoms with Gasteiger partial charge >= 0.3 is 6.18 Å². The Bertz CT molecular complexity index is 522. The van der Waals surface area contributed by atoms with Crippen LogP contribution in [0.25, 0.3) is 0 Å². The molecule has 4 nitrogen and oxygen atoms in total. The molecule has 0 aliphatic rings. The maximum Gasteiger partial charge on any atom is 0.443 e. The van der Waals surface area contributed by atoms with Crippen LogP contribution in [-0.4, -0.2) is 19.7 Å². The van der Waals surface area contributed by atoms with Crippen molar-refractivity contribution in [2.24, 2.45) is 0 Å². The third-order valence-corrected chi connectivity index (χ3v) is 3.94. The molecule has 92 valence electrons. The lowest BCUT2D eigenvalue weighted by Crippen LogP contribution is -2.03. The summed E-state index contributed by atoms with van der Waals surface area (Å²) >= 11 is 1.38. The van der Waals surface area contributed by atoms with Gasteiger partial charge in [0, 0.05) is 6.20 Å². The van der Waals surface area contributed by atoms with Crippen molar-refractivity contribution < 1.29 is 18.3 Å². The van der Waals surface area contributed by atoms with Crippen molar-refractivity contribution >= 4 is 22.9 Å². The zero-order chi connectivity index (χ0) is 12.6. The first kappa shape index (κ1) is 12.4. The second kappa shape index (κ2) is 4.31. The van der Waals surface area contributed by atoms with Crippen molar-refractivity contribution in [1.82, 2.24) is 14.6 Å². The lowest BCUT2D eigenvalue weighted by atomic mass is 10.2. The lowest BCUT2D eigenvalue weighted by Gasteiger charge is -2.04. The molecule has 2 rings (SSSR count). The van der Waals surface area contributed by atoms with Crippen LogP contribution in [0.1, 0.15) is 26.6 Å². The number of alkyl halides is 3. The molecule has 2 heterocycles. The van der Waals surface area contributed by atoms with Crippen LogP contribution in [0.4, 0.5) is 13.2 Å². The summed E-state index contributed by atoms with van der Waals surface area (Å²) in [6.07, 6.45) is -4.61. The van der Waals surface area contributed by atoms with Gasteiger partial charge in [-0.05, 0) is 18.5 Å². The molecular formula is C8H6F3N3OS2. The Kier molecular flexibility index (Phi) is 3.15. The van der Waals surface area contributed by atoms with Gasteiger partial charge in [0.1, 0.15) is 6.10 Å². The van der Waals surface area contributed by atoms with E-state index >= 15 is 0 Å². The van der Waals surface area contributed by atoms with Crippen molar-refractivity contribution in [2.45, 2.75) is 19.2 Å². The van der Waals surface area contributed by atoms with Crippen molar-refractivity contribution in [1.29, 1.82) is 0 Å². The highest BCUT2D eigenvalue weighted by molar-refractivity contribution is 7.12. The number of nitrogens with zero attached hydrogens (tertiary/aromatic N) is 3. The van der Waals surface area contributed by atoms with E-state index in [1.165, 1.54) is 0 Å². The highest BCUT2D eigenvalue weighted by Gasteiger charge is 2.35. The average Bonchev–Trinajstić information content (AvgIpc) is 2.83. The Morgan fingerprint density at radius 2 is 2.12 bits per heavy atom. The number of aromatic nitrogens is 3. The Morgan fingerprint density at radius 3 is 2.59 bits per heavy atom. The lowest BCUT2D eigenvalue weighted by molar-refractivity contribution is -0.137. The third-order valence-electron chi connectivity index (χ3n) is 1.97. The largest absolute Gasteiger partial charge is 0.443 e. The van der Waals surface area contributed by atoms with Crippen LogP contribution in [-0.2, 0) is 6.18 Å². The van der Waals surface area contributed by atoms with Gasteiger partial charge in [0.05, 0.1) is 15.4 Å². The number of aliphatic hydroxyl groups excluding tert-OH is 1. The van der Waals surface area contributed by atoms with E-state index in [0.29, 0.717) is 21.9 Å². The van der Waals surface area contributed by atoms with Crippen LogP contribution >= 0.6 is 22.9 Å². The molecule has 1 atom stereocenters. The van der Waals surface area contributed by atoms with E-state index in [4.69, 9.17) is 0 Å². The predicted molar refractivity (Wildman–Crippen MR) is 55.8 cm³/mol. The number of rotatable bonds is 2. The maximum atomic E-state index is 12.3. The van der Waals surface area contributed by atoms with E-state index in [0.717, 1.165) is 17.7 Å². The van der Waals surface area contributed by atoms with E-state index in [-0.39, 0.29) is 4.88 Å². The zero-order valence-corrected chi connectivity index (χ0v) is 10.0. The average molecular weight is 281 g/mol. The third kappa shape index (κ3) is 2.45. The maximum absolute atomic E-state index is 12.3. The molecule has 0 aliphatic carbocycles. The monoisotopic (exact) mass is 281 g/mol. The molecule has 0 amide bonds. The molecule has 2 aromatic heterocycles. The number of hydrogen-bond donors (Lipinski definition) is 1. The highest BCUT2D eigenvalue weighted by Crippen LogP contribution is 2.36. The molecule has 1 N–H and O–H groups in total. The quantitative estimate of drug-likeness (QED) is 0.918. The van der Waals surface area contributed by atoms with Crippen LogP contribution in [0.2, 0.25) is 0 Å². The summed E-state index contributed by atoms with van der Waals surface area (Å²) in [4.78, 5) is 3.81. The second-order valence-corrected chi connectivity index (χ2v) is 5.04. The molecule has 9 heteroatoms. The minimum atomic E-state index is -4.48. The minimum Gasteiger partial charge on any atom is -0.382 e. The fourth-order valence-electron chi connectivity index (χ4n) is 1.16. The summed E-state index contributed by atoms with van der Waals surface area (Å²) in [6.45, 7) is 1.63. The predicted octanol–water partition coefficient (Wildman–Crippen LogP) is 2.40. The van der Waals surface area contributed by atoms with Crippen molar-refractivity contribution in [3.8, 4) is 0 Å². The summed E-state index contributed by atoms with van der Waals surface area (Å²) in [5, 5.41) is 12.6. The van der Waals surface area contributed by atoms with Gasteiger partial charge in [-0.1, -0.05) is 4.49 Å². The molecule has 17 heavy (non-hydrogen) atoms. The van der Waals surface area contributed by atoms with Gasteiger partial charge in [0.2, 0.25) is 0 Å². The zero-order valence-electron chi connectivity index (χ0n) is 8.39. The van der Waals surface area contributed by atoms with Crippen LogP contribution in [0.15, 0.2) is 6.20 Å². The van der Waals surface area contributed by atoms with Gasteiger partial charge < -0.3 is 5.11 Å². The molecule has 0 fully saturated rings. The molecule has 2 aromatic rings. The summed E-state index contributed by atoms with van der Waals surface area (Å²) in [5.41, 5.74) is 0.504. The molecule has 0 saturated carbocycles. The van der Waals surface area contributed by atoms with E-state index in [1.54, 1.807) is 6.92 Å². The normalized spacial score (nSPS) is 13.9. The summed E-state index contributed by atoms with van der Waals surface area (Å²) < 4.78 is 40.6. The van der Waals surface area contributed by atoms with Gasteiger partial charge in [0.15, 0.2) is 5.01 Å². The Hall–Kier alpha value is -1.06. The van der Waals surface area contributed by atoms with E-state index < -0.39 is 17.3 Å². The smallest absolute Gasteiger partial charge is 0.382 e. The van der Waals surface area contributed by atoms with E-state index in [2.05, 4.69) is 14.6 Å². The van der Waals surface area contributed by atoms with E-state index in [1.807, 2.05) is 0 Å². The highest BCUT2D eigenvalue weighted by atomic mass is 32.1. The van der Waals surface area contributed by atoms with Gasteiger partial charge in [-0.15, -0.1) is 16.4 Å². The van der Waals surface area contributed by atoms with Crippen molar-refractivity contribution in [3.05, 3.63) is 26.7 Å². The number of thiazole rings is 1.